The fourth-order valence-electron chi connectivity index (χ4n) is 2.37. The van der Waals surface area contributed by atoms with Crippen molar-refractivity contribution in [1.82, 2.24) is 4.31 Å². The molecule has 0 amide bonds. The normalized spacial score (nSPS) is 15.0. The number of nitrogens with zero attached hydrogens (tertiary/aromatic N) is 1. The third kappa shape index (κ3) is 2.60. The quantitative estimate of drug-likeness (QED) is 0.855. The second-order valence-electron chi connectivity index (χ2n) is 5.29. The molecule has 2 aromatic carbocycles. The van der Waals surface area contributed by atoms with Gasteiger partial charge in [0.2, 0.25) is 0 Å². The van der Waals surface area contributed by atoms with Crippen molar-refractivity contribution in [1.29, 1.82) is 0 Å². The van der Waals surface area contributed by atoms with Crippen LogP contribution in [0, 0.1) is 6.92 Å². The summed E-state index contributed by atoms with van der Waals surface area (Å²) >= 11 is 0. The number of para-hydroxylation sites is 1. The number of aryl methyl sites for hydroxylation is 1. The Morgan fingerprint density at radius 1 is 1.09 bits per heavy atom. The van der Waals surface area contributed by atoms with E-state index in [1.165, 1.54) is 4.31 Å². The predicted octanol–water partition coefficient (Wildman–Crippen LogP) is 3.09. The zero-order valence-electron chi connectivity index (χ0n) is 12.3. The van der Waals surface area contributed by atoms with E-state index < -0.39 is 10.0 Å². The molecule has 1 aliphatic heterocycles. The van der Waals surface area contributed by atoms with Gasteiger partial charge < -0.3 is 4.74 Å². The van der Waals surface area contributed by atoms with E-state index in [4.69, 9.17) is 4.74 Å². The standard InChI is InChI=1S/C17H17NO3S/c1-13-7-9-16(10-8-13)22(19,20)18-11-15-5-3-4-6-17(15)21-12-14(18)2/h3-10H,2,11-12H2,1H3. The highest BCUT2D eigenvalue weighted by Crippen LogP contribution is 2.29. The molecule has 0 radical (unpaired) electrons. The van der Waals surface area contributed by atoms with Crippen molar-refractivity contribution in [2.75, 3.05) is 6.61 Å². The van der Waals surface area contributed by atoms with Crippen LogP contribution in [0.2, 0.25) is 0 Å². The van der Waals surface area contributed by atoms with Gasteiger partial charge in [-0.2, -0.15) is 0 Å². The fourth-order valence-corrected chi connectivity index (χ4v) is 3.80. The number of hydrogen-bond donors (Lipinski definition) is 0. The summed E-state index contributed by atoms with van der Waals surface area (Å²) in [6.45, 7) is 6.17. The van der Waals surface area contributed by atoms with E-state index in [2.05, 4.69) is 6.58 Å². The first-order valence-electron chi connectivity index (χ1n) is 6.96. The second kappa shape index (κ2) is 5.50. The third-order valence-corrected chi connectivity index (χ3v) is 5.48. The topological polar surface area (TPSA) is 46.6 Å². The minimum Gasteiger partial charge on any atom is -0.487 e. The van der Waals surface area contributed by atoms with Gasteiger partial charge in [0, 0.05) is 5.56 Å². The molecule has 0 saturated carbocycles. The summed E-state index contributed by atoms with van der Waals surface area (Å²) in [6, 6.07) is 14.3. The summed E-state index contributed by atoms with van der Waals surface area (Å²) in [7, 11) is -3.64. The van der Waals surface area contributed by atoms with Crippen LogP contribution >= 0.6 is 0 Å². The van der Waals surface area contributed by atoms with Crippen molar-refractivity contribution >= 4 is 10.0 Å². The highest BCUT2D eigenvalue weighted by atomic mass is 32.2. The molecule has 114 valence electrons. The first kappa shape index (κ1) is 14.7. The predicted molar refractivity (Wildman–Crippen MR) is 85.0 cm³/mol. The van der Waals surface area contributed by atoms with Crippen LogP contribution in [0.4, 0.5) is 0 Å². The minimum atomic E-state index is -3.64. The molecule has 0 saturated heterocycles. The van der Waals surface area contributed by atoms with Crippen LogP contribution in [0.25, 0.3) is 0 Å². The second-order valence-corrected chi connectivity index (χ2v) is 7.15. The molecule has 5 heteroatoms. The summed E-state index contributed by atoms with van der Waals surface area (Å²) in [5, 5.41) is 0. The van der Waals surface area contributed by atoms with Crippen LogP contribution in [0.15, 0.2) is 65.7 Å². The first-order chi connectivity index (χ1) is 10.5. The minimum absolute atomic E-state index is 0.155. The van der Waals surface area contributed by atoms with Gasteiger partial charge in [-0.3, -0.25) is 4.31 Å². The summed E-state index contributed by atoms with van der Waals surface area (Å²) in [4.78, 5) is 0.263. The molecule has 0 N–H and O–H groups in total. The Labute approximate surface area is 130 Å². The number of rotatable bonds is 2. The lowest BCUT2D eigenvalue weighted by molar-refractivity contribution is 0.335. The van der Waals surface area contributed by atoms with Crippen LogP contribution < -0.4 is 4.74 Å². The first-order valence-corrected chi connectivity index (χ1v) is 8.40. The number of fused-ring (bicyclic) bond motifs is 1. The van der Waals surface area contributed by atoms with E-state index >= 15 is 0 Å². The summed E-state index contributed by atoms with van der Waals surface area (Å²) in [5.74, 6) is 0.699. The van der Waals surface area contributed by atoms with Gasteiger partial charge in [-0.15, -0.1) is 0 Å². The largest absolute Gasteiger partial charge is 0.487 e. The molecule has 2 aromatic rings. The average Bonchev–Trinajstić information content (AvgIpc) is 2.68. The SMILES string of the molecule is C=C1COc2ccccc2CN1S(=O)(=O)c1ccc(C)cc1. The van der Waals surface area contributed by atoms with Gasteiger partial charge in [0.05, 0.1) is 17.1 Å². The molecule has 0 unspecified atom stereocenters. The van der Waals surface area contributed by atoms with E-state index in [9.17, 15) is 8.42 Å². The third-order valence-electron chi connectivity index (χ3n) is 3.64. The van der Waals surface area contributed by atoms with Crippen LogP contribution in [0.1, 0.15) is 11.1 Å². The lowest BCUT2D eigenvalue weighted by Crippen LogP contribution is -2.30. The molecular formula is C17H17NO3S. The lowest BCUT2D eigenvalue weighted by Gasteiger charge is -2.23. The highest BCUT2D eigenvalue weighted by molar-refractivity contribution is 7.89. The summed E-state index contributed by atoms with van der Waals surface area (Å²) in [6.07, 6.45) is 0. The number of benzene rings is 2. The maximum atomic E-state index is 12.9. The molecule has 0 fully saturated rings. The van der Waals surface area contributed by atoms with E-state index in [0.29, 0.717) is 11.4 Å². The maximum Gasteiger partial charge on any atom is 0.264 e. The van der Waals surface area contributed by atoms with E-state index in [1.807, 2.05) is 31.2 Å². The van der Waals surface area contributed by atoms with Crippen LogP contribution in [-0.2, 0) is 16.6 Å². The van der Waals surface area contributed by atoms with Crippen molar-refractivity contribution in [2.24, 2.45) is 0 Å². The van der Waals surface area contributed by atoms with Gasteiger partial charge in [0.25, 0.3) is 10.0 Å². The Morgan fingerprint density at radius 2 is 1.77 bits per heavy atom. The Kier molecular flexibility index (Phi) is 3.66. The monoisotopic (exact) mass is 315 g/mol. The Balaban J connectivity index is 2.02. The molecular weight excluding hydrogens is 298 g/mol. The van der Waals surface area contributed by atoms with Crippen molar-refractivity contribution < 1.29 is 13.2 Å². The van der Waals surface area contributed by atoms with Gasteiger partial charge >= 0.3 is 0 Å². The fraction of sp³-hybridized carbons (Fsp3) is 0.176. The van der Waals surface area contributed by atoms with Gasteiger partial charge in [0.1, 0.15) is 12.4 Å². The number of ether oxygens (including phenoxy) is 1. The van der Waals surface area contributed by atoms with E-state index in [0.717, 1.165) is 11.1 Å². The maximum absolute atomic E-state index is 12.9. The average molecular weight is 315 g/mol. The molecule has 4 nitrogen and oxygen atoms in total. The molecule has 0 atom stereocenters. The van der Waals surface area contributed by atoms with Crippen LogP contribution in [0.3, 0.4) is 0 Å². The molecule has 0 aromatic heterocycles. The lowest BCUT2D eigenvalue weighted by atomic mass is 10.2. The molecule has 0 aliphatic carbocycles. The Hall–Kier alpha value is -2.27. The number of sulfonamides is 1. The van der Waals surface area contributed by atoms with Crippen molar-refractivity contribution in [3.63, 3.8) is 0 Å². The molecule has 1 heterocycles. The zero-order valence-corrected chi connectivity index (χ0v) is 13.1. The zero-order chi connectivity index (χ0) is 15.7. The molecule has 0 bridgehead atoms. The Morgan fingerprint density at radius 3 is 2.50 bits per heavy atom. The Bertz CT molecular complexity index is 810. The van der Waals surface area contributed by atoms with Crippen LogP contribution in [0.5, 0.6) is 5.75 Å². The molecule has 1 aliphatic rings. The molecule has 0 spiro atoms. The number of hydrogen-bond acceptors (Lipinski definition) is 3. The molecule has 3 rings (SSSR count). The van der Waals surface area contributed by atoms with Gasteiger partial charge in [-0.25, -0.2) is 8.42 Å². The van der Waals surface area contributed by atoms with Gasteiger partial charge in [0.15, 0.2) is 0 Å². The molecule has 22 heavy (non-hydrogen) atoms. The van der Waals surface area contributed by atoms with Crippen molar-refractivity contribution in [3.05, 3.63) is 71.9 Å². The smallest absolute Gasteiger partial charge is 0.264 e. The van der Waals surface area contributed by atoms with Crippen LogP contribution in [-0.4, -0.2) is 19.3 Å². The van der Waals surface area contributed by atoms with Gasteiger partial charge in [-0.05, 0) is 25.1 Å². The van der Waals surface area contributed by atoms with E-state index in [1.54, 1.807) is 24.3 Å². The van der Waals surface area contributed by atoms with Gasteiger partial charge in [-0.1, -0.05) is 42.5 Å². The summed E-state index contributed by atoms with van der Waals surface area (Å²) in [5.41, 5.74) is 2.27. The highest BCUT2D eigenvalue weighted by Gasteiger charge is 2.29. The van der Waals surface area contributed by atoms with Crippen molar-refractivity contribution in [2.45, 2.75) is 18.4 Å². The van der Waals surface area contributed by atoms with E-state index in [-0.39, 0.29) is 18.0 Å². The summed E-state index contributed by atoms with van der Waals surface area (Å²) < 4.78 is 32.7. The van der Waals surface area contributed by atoms with Crippen molar-refractivity contribution in [3.8, 4) is 5.75 Å².